The van der Waals surface area contributed by atoms with Crippen LogP contribution in [0, 0.1) is 24.7 Å². The van der Waals surface area contributed by atoms with Gasteiger partial charge < -0.3 is 43.1 Å². The topological polar surface area (TPSA) is 182 Å². The van der Waals surface area contributed by atoms with Crippen LogP contribution in [0.1, 0.15) is 77.2 Å². The van der Waals surface area contributed by atoms with Crippen LogP contribution in [-0.2, 0) is 28.6 Å². The maximum atomic E-state index is 15.4. The Morgan fingerprint density at radius 2 is 1.79 bits per heavy atom. The molecular formula is C47H53N3O12. The van der Waals surface area contributed by atoms with Crippen molar-refractivity contribution in [2.75, 3.05) is 32.6 Å². The summed E-state index contributed by atoms with van der Waals surface area (Å²) in [7, 11) is 3.18. The van der Waals surface area contributed by atoms with Crippen LogP contribution in [0.3, 0.4) is 0 Å². The fourth-order valence-corrected chi connectivity index (χ4v) is 8.45. The summed E-state index contributed by atoms with van der Waals surface area (Å²) in [6.45, 7) is 14.1. The summed E-state index contributed by atoms with van der Waals surface area (Å²) in [5.41, 5.74) is 0.276. The number of ketones is 1. The lowest BCUT2D eigenvalue weighted by molar-refractivity contribution is -0.159. The zero-order chi connectivity index (χ0) is 44.8. The highest BCUT2D eigenvalue weighted by Crippen LogP contribution is 2.51. The second kappa shape index (κ2) is 17.3. The molecule has 0 spiro atoms. The summed E-state index contributed by atoms with van der Waals surface area (Å²) >= 11 is 0. The van der Waals surface area contributed by atoms with E-state index in [0.29, 0.717) is 41.8 Å². The van der Waals surface area contributed by atoms with Gasteiger partial charge in [0.2, 0.25) is 11.3 Å². The van der Waals surface area contributed by atoms with Crippen molar-refractivity contribution in [3.8, 4) is 28.7 Å². The number of fused-ring (bicyclic) bond motifs is 8. The average molecular weight is 852 g/mol. The highest BCUT2D eigenvalue weighted by atomic mass is 16.7. The van der Waals surface area contributed by atoms with Gasteiger partial charge in [0.1, 0.15) is 53.0 Å². The highest BCUT2D eigenvalue weighted by Gasteiger charge is 2.51. The second-order valence-electron chi connectivity index (χ2n) is 16.8. The summed E-state index contributed by atoms with van der Waals surface area (Å²) in [4.78, 5) is 75.4. The van der Waals surface area contributed by atoms with Crippen LogP contribution in [0.5, 0.6) is 17.2 Å². The quantitative estimate of drug-likeness (QED) is 0.116. The predicted molar refractivity (Wildman–Crippen MR) is 231 cm³/mol. The molecule has 62 heavy (non-hydrogen) atoms. The van der Waals surface area contributed by atoms with Crippen LogP contribution < -0.4 is 25.0 Å². The number of hydrogen-bond donors (Lipinski definition) is 1. The lowest BCUT2D eigenvalue weighted by Crippen LogP contribution is -2.45. The molecule has 2 amide bonds. The zero-order valence-electron chi connectivity index (χ0n) is 36.7. The van der Waals surface area contributed by atoms with E-state index in [-0.39, 0.29) is 74.9 Å². The third-order valence-corrected chi connectivity index (χ3v) is 11.9. The molecule has 0 radical (unpaired) electrons. The number of amides is 2. The normalized spacial score (nSPS) is 27.0. The summed E-state index contributed by atoms with van der Waals surface area (Å²) in [5, 5.41) is 2.82. The summed E-state index contributed by atoms with van der Waals surface area (Å²) < 4.78 is 44.2. The van der Waals surface area contributed by atoms with Crippen molar-refractivity contribution in [1.29, 1.82) is 0 Å². The van der Waals surface area contributed by atoms with E-state index in [0.717, 1.165) is 0 Å². The van der Waals surface area contributed by atoms with Crippen molar-refractivity contribution in [2.45, 2.75) is 92.3 Å². The number of esters is 1. The number of hydrogen-bond acceptors (Lipinski definition) is 13. The van der Waals surface area contributed by atoms with Gasteiger partial charge in [-0.15, -0.1) is 0 Å². The van der Waals surface area contributed by atoms with Crippen molar-refractivity contribution in [1.82, 2.24) is 9.88 Å². The van der Waals surface area contributed by atoms with E-state index in [2.05, 4.69) is 19.2 Å². The molecular weight excluding hydrogens is 799 g/mol. The predicted octanol–water partition coefficient (Wildman–Crippen LogP) is 7.28. The number of methoxy groups -OCH3 is 1. The van der Waals surface area contributed by atoms with Gasteiger partial charge in [-0.1, -0.05) is 39.0 Å². The van der Waals surface area contributed by atoms with E-state index in [4.69, 9.17) is 37.8 Å². The first-order chi connectivity index (χ1) is 29.4. The number of ether oxygens (including phenoxy) is 6. The van der Waals surface area contributed by atoms with Gasteiger partial charge in [0.05, 0.1) is 29.9 Å². The number of likely N-dealkylation sites (N-methyl/N-ethyl adjacent to an activating group) is 1. The molecule has 0 aromatic heterocycles. The number of carbonyl (C=O) groups excluding carboxylic acids is 4. The summed E-state index contributed by atoms with van der Waals surface area (Å²) in [6, 6.07) is 4.95. The molecule has 2 aromatic carbocycles. The van der Waals surface area contributed by atoms with Crippen molar-refractivity contribution >= 4 is 51.1 Å². The van der Waals surface area contributed by atoms with E-state index >= 15 is 4.79 Å². The molecule has 7 rings (SSSR count). The molecule has 4 heterocycles. The second-order valence-corrected chi connectivity index (χ2v) is 16.8. The minimum Gasteiger partial charge on any atom is -0.492 e. The first-order valence-corrected chi connectivity index (χ1v) is 20.8. The molecule has 5 aliphatic rings. The van der Waals surface area contributed by atoms with Gasteiger partial charge in [0, 0.05) is 63.4 Å². The van der Waals surface area contributed by atoms with Crippen LogP contribution >= 0.6 is 0 Å². The molecule has 15 heteroatoms. The third-order valence-electron chi connectivity index (χ3n) is 11.9. The van der Waals surface area contributed by atoms with Gasteiger partial charge in [-0.3, -0.25) is 24.0 Å². The number of nitrogens with zero attached hydrogens (tertiary/aromatic N) is 2. The Bertz CT molecular complexity index is 2590. The van der Waals surface area contributed by atoms with Crippen molar-refractivity contribution in [3.63, 3.8) is 0 Å². The number of benzene rings is 3. The van der Waals surface area contributed by atoms with Gasteiger partial charge in [0.25, 0.3) is 11.7 Å². The maximum Gasteiger partial charge on any atom is 0.312 e. The standard InChI is InChI=1S/C47H53N3O12/c1-23-12-11-13-25(3)46(55)49-39-40(53)36-35(38-44(39)60-33-22-30(14-15-31(33)48-38)57-19-17-50(9)28(6)51)37-43-27(5)42(36)61-34(21-24(2)20-23)41(59-29(7)52)26(4)32(56-10)16-18-58-47(8,62-43)45(37)54/h11-16,18,22-24,26,32,34,41H,17,19-21H2,1-10H3,(H,49,55)/b12-11+,18-16+,25-13-/t23?,24-,26-,32+,34?,41?,47+/m1/s1. The first kappa shape index (κ1) is 43.9. The van der Waals surface area contributed by atoms with Crippen LogP contribution in [0.15, 0.2) is 63.6 Å². The number of aromatic nitrogens is 1. The molecule has 0 fully saturated rings. The Balaban J connectivity index is 1.57. The SMILES string of the molecule is CO[C@H]1/C=C/O[C@@]2(C)Oc3c(C)c4c5c(=O)c(c6oc7cc(OCCN(C)C(C)=O)ccc7nc-6c5c3C2=O)NC(=O)/C(C)=C\C=C\C(C)C[C@@H](C)CC(O4)C(OC(C)=O)[C@@H]1C. The number of rotatable bonds is 6. The number of nitrogens with one attached hydrogen (secondary N) is 1. The summed E-state index contributed by atoms with van der Waals surface area (Å²) in [5.74, 6) is -3.77. The molecule has 2 aromatic rings. The number of Topliss-reactive ketones (excluding diaryl/α,β-unsaturated/α-hetero) is 1. The van der Waals surface area contributed by atoms with Gasteiger partial charge >= 0.3 is 11.8 Å². The fraction of sp³-hybridized carbons (Fsp3) is 0.447. The lowest BCUT2D eigenvalue weighted by Gasteiger charge is -2.36. The molecule has 0 saturated carbocycles. The van der Waals surface area contributed by atoms with Crippen molar-refractivity contribution in [3.05, 3.63) is 75.7 Å². The van der Waals surface area contributed by atoms with Crippen molar-refractivity contribution < 1.29 is 52.0 Å². The van der Waals surface area contributed by atoms with E-state index < -0.39 is 53.1 Å². The Morgan fingerprint density at radius 1 is 1.03 bits per heavy atom. The van der Waals surface area contributed by atoms with E-state index in [9.17, 15) is 19.2 Å². The fourth-order valence-electron chi connectivity index (χ4n) is 8.45. The van der Waals surface area contributed by atoms with E-state index in [1.807, 2.05) is 19.1 Å². The largest absolute Gasteiger partial charge is 0.492 e. The van der Waals surface area contributed by atoms with Crippen molar-refractivity contribution in [2.24, 2.45) is 17.8 Å². The minimum absolute atomic E-state index is 0.0111. The average Bonchev–Trinajstić information content (AvgIpc) is 3.48. The van der Waals surface area contributed by atoms with E-state index in [1.54, 1.807) is 51.2 Å². The number of anilines is 1. The molecule has 1 N–H and O–H groups in total. The molecule has 15 nitrogen and oxygen atoms in total. The minimum atomic E-state index is -1.91. The van der Waals surface area contributed by atoms with Crippen LogP contribution in [-0.4, -0.2) is 84.9 Å². The Kier molecular flexibility index (Phi) is 12.2. The molecule has 1 aliphatic carbocycles. The van der Waals surface area contributed by atoms with Crippen LogP contribution in [0.2, 0.25) is 0 Å². The molecule has 0 saturated heterocycles. The third kappa shape index (κ3) is 8.25. The monoisotopic (exact) mass is 851 g/mol. The van der Waals surface area contributed by atoms with Crippen LogP contribution in [0.4, 0.5) is 5.69 Å². The highest BCUT2D eigenvalue weighted by molar-refractivity contribution is 6.22. The smallest absolute Gasteiger partial charge is 0.312 e. The summed E-state index contributed by atoms with van der Waals surface area (Å²) in [6.07, 6.45) is 7.07. The molecule has 4 aliphatic heterocycles. The molecule has 6 bridgehead atoms. The Morgan fingerprint density at radius 3 is 2.50 bits per heavy atom. The molecule has 328 valence electrons. The maximum absolute atomic E-state index is 15.4. The Hall–Kier alpha value is -6.22. The Labute approximate surface area is 359 Å². The number of allylic oxidation sites excluding steroid dienone is 3. The zero-order valence-corrected chi connectivity index (χ0v) is 36.7. The number of carbonyl (C=O) groups is 4. The van der Waals surface area contributed by atoms with Gasteiger partial charge in [0.15, 0.2) is 11.3 Å². The molecule has 7 atom stereocenters. The lowest BCUT2D eigenvalue weighted by atomic mass is 9.85. The van der Waals surface area contributed by atoms with Gasteiger partial charge in [-0.2, -0.15) is 0 Å². The van der Waals surface area contributed by atoms with Crippen LogP contribution in [0.25, 0.3) is 33.3 Å². The first-order valence-electron chi connectivity index (χ1n) is 20.8. The van der Waals surface area contributed by atoms with Gasteiger partial charge in [-0.25, -0.2) is 4.98 Å². The van der Waals surface area contributed by atoms with E-state index in [1.165, 1.54) is 39.0 Å². The molecule has 3 unspecified atom stereocenters. The van der Waals surface area contributed by atoms with Gasteiger partial charge in [-0.05, 0) is 56.7 Å².